The van der Waals surface area contributed by atoms with Gasteiger partial charge in [0.25, 0.3) is 0 Å². The SMILES string of the molecule is CSCCC(=O)N1C2CCC1CC(N)C2. The second-order valence-electron chi connectivity index (χ2n) is 4.66. The molecule has 0 spiro atoms. The van der Waals surface area contributed by atoms with E-state index in [0.29, 0.717) is 30.5 Å². The molecule has 15 heavy (non-hydrogen) atoms. The Morgan fingerprint density at radius 3 is 2.53 bits per heavy atom. The van der Waals surface area contributed by atoms with Crippen LogP contribution < -0.4 is 5.73 Å². The highest BCUT2D eigenvalue weighted by atomic mass is 32.2. The molecule has 2 aliphatic heterocycles. The first-order valence-corrected chi connectivity index (χ1v) is 7.17. The van der Waals surface area contributed by atoms with E-state index >= 15 is 0 Å². The van der Waals surface area contributed by atoms with Gasteiger partial charge in [-0.3, -0.25) is 4.79 Å². The predicted molar refractivity (Wildman–Crippen MR) is 63.9 cm³/mol. The third-order valence-electron chi connectivity index (χ3n) is 3.58. The number of fused-ring (bicyclic) bond motifs is 2. The smallest absolute Gasteiger partial charge is 0.223 e. The summed E-state index contributed by atoms with van der Waals surface area (Å²) < 4.78 is 0. The molecule has 2 fully saturated rings. The third-order valence-corrected chi connectivity index (χ3v) is 4.19. The van der Waals surface area contributed by atoms with Crippen molar-refractivity contribution in [1.82, 2.24) is 4.90 Å². The zero-order valence-electron chi connectivity index (χ0n) is 9.32. The number of rotatable bonds is 3. The summed E-state index contributed by atoms with van der Waals surface area (Å²) in [5.41, 5.74) is 5.98. The Morgan fingerprint density at radius 1 is 1.40 bits per heavy atom. The summed E-state index contributed by atoms with van der Waals surface area (Å²) in [6.45, 7) is 0. The maximum atomic E-state index is 12.0. The average molecular weight is 228 g/mol. The summed E-state index contributed by atoms with van der Waals surface area (Å²) in [5, 5.41) is 0. The fraction of sp³-hybridized carbons (Fsp3) is 0.909. The van der Waals surface area contributed by atoms with E-state index in [1.54, 1.807) is 11.8 Å². The molecule has 0 aromatic heterocycles. The number of carbonyl (C=O) groups excluding carboxylic acids is 1. The van der Waals surface area contributed by atoms with Crippen LogP contribution in [0.5, 0.6) is 0 Å². The Balaban J connectivity index is 1.95. The first-order chi connectivity index (χ1) is 7.22. The van der Waals surface area contributed by atoms with Crippen LogP contribution in [0.4, 0.5) is 0 Å². The van der Waals surface area contributed by atoms with Crippen LogP contribution >= 0.6 is 11.8 Å². The zero-order valence-corrected chi connectivity index (χ0v) is 10.1. The van der Waals surface area contributed by atoms with Crippen LogP contribution in [-0.4, -0.2) is 40.9 Å². The van der Waals surface area contributed by atoms with E-state index < -0.39 is 0 Å². The summed E-state index contributed by atoms with van der Waals surface area (Å²) >= 11 is 1.75. The standard InChI is InChI=1S/C11H20N2OS/c1-15-5-4-11(14)13-9-2-3-10(13)7-8(12)6-9/h8-10H,2-7,12H2,1H3. The van der Waals surface area contributed by atoms with Crippen molar-refractivity contribution in [2.24, 2.45) is 5.73 Å². The second kappa shape index (κ2) is 4.74. The Kier molecular flexibility index (Phi) is 3.57. The quantitative estimate of drug-likeness (QED) is 0.790. The van der Waals surface area contributed by atoms with E-state index in [0.717, 1.165) is 18.6 Å². The molecule has 2 unspecified atom stereocenters. The molecule has 3 nitrogen and oxygen atoms in total. The molecule has 1 amide bonds. The molecule has 0 aromatic rings. The summed E-state index contributed by atoms with van der Waals surface area (Å²) in [5.74, 6) is 1.30. The van der Waals surface area contributed by atoms with E-state index in [1.807, 2.05) is 6.26 Å². The van der Waals surface area contributed by atoms with E-state index in [2.05, 4.69) is 4.90 Å². The van der Waals surface area contributed by atoms with Crippen molar-refractivity contribution in [1.29, 1.82) is 0 Å². The van der Waals surface area contributed by atoms with Gasteiger partial charge in [0.1, 0.15) is 0 Å². The minimum Gasteiger partial charge on any atom is -0.337 e. The van der Waals surface area contributed by atoms with E-state index in [-0.39, 0.29) is 0 Å². The number of hydrogen-bond donors (Lipinski definition) is 1. The van der Waals surface area contributed by atoms with Gasteiger partial charge in [0, 0.05) is 30.3 Å². The molecule has 2 N–H and O–H groups in total. The third kappa shape index (κ3) is 2.31. The van der Waals surface area contributed by atoms with Gasteiger partial charge in [0.05, 0.1) is 0 Å². The van der Waals surface area contributed by atoms with Gasteiger partial charge < -0.3 is 10.6 Å². The lowest BCUT2D eigenvalue weighted by atomic mass is 9.98. The van der Waals surface area contributed by atoms with Crippen LogP contribution in [0.1, 0.15) is 32.1 Å². The number of amides is 1. The van der Waals surface area contributed by atoms with Crippen LogP contribution in [0.2, 0.25) is 0 Å². The predicted octanol–water partition coefficient (Wildman–Crippen LogP) is 1.22. The molecule has 2 aliphatic rings. The van der Waals surface area contributed by atoms with Crippen LogP contribution in [0, 0.1) is 0 Å². The average Bonchev–Trinajstić information content (AvgIpc) is 2.48. The molecule has 2 atom stereocenters. The lowest BCUT2D eigenvalue weighted by Crippen LogP contribution is -2.50. The maximum Gasteiger partial charge on any atom is 0.223 e. The summed E-state index contributed by atoms with van der Waals surface area (Å²) in [4.78, 5) is 14.1. The minimum atomic E-state index is 0.326. The van der Waals surface area contributed by atoms with Crippen molar-refractivity contribution < 1.29 is 4.79 Å². The van der Waals surface area contributed by atoms with Gasteiger partial charge in [0.2, 0.25) is 5.91 Å². The number of thioether (sulfide) groups is 1. The number of piperidine rings is 1. The number of hydrogen-bond acceptors (Lipinski definition) is 3. The lowest BCUT2D eigenvalue weighted by Gasteiger charge is -2.37. The van der Waals surface area contributed by atoms with E-state index in [9.17, 15) is 4.79 Å². The van der Waals surface area contributed by atoms with Crippen molar-refractivity contribution in [2.75, 3.05) is 12.0 Å². The number of nitrogens with two attached hydrogens (primary N) is 1. The molecule has 4 heteroatoms. The Labute approximate surface area is 95.8 Å². The molecule has 0 aliphatic carbocycles. The summed E-state index contributed by atoms with van der Waals surface area (Å²) in [6.07, 6.45) is 7.12. The Hall–Kier alpha value is -0.220. The molecule has 0 saturated carbocycles. The van der Waals surface area contributed by atoms with Crippen LogP contribution in [0.3, 0.4) is 0 Å². The Morgan fingerprint density at radius 2 is 2.00 bits per heavy atom. The molecule has 2 heterocycles. The topological polar surface area (TPSA) is 46.3 Å². The maximum absolute atomic E-state index is 12.0. The van der Waals surface area contributed by atoms with Crippen LogP contribution in [0.15, 0.2) is 0 Å². The minimum absolute atomic E-state index is 0.326. The highest BCUT2D eigenvalue weighted by Gasteiger charge is 2.41. The highest BCUT2D eigenvalue weighted by Crippen LogP contribution is 2.35. The largest absolute Gasteiger partial charge is 0.337 e. The molecule has 2 bridgehead atoms. The van der Waals surface area contributed by atoms with Gasteiger partial charge in [-0.25, -0.2) is 0 Å². The number of carbonyl (C=O) groups is 1. The summed E-state index contributed by atoms with van der Waals surface area (Å²) in [6, 6.07) is 1.23. The van der Waals surface area contributed by atoms with Crippen molar-refractivity contribution in [3.05, 3.63) is 0 Å². The normalized spacial score (nSPS) is 34.5. The van der Waals surface area contributed by atoms with Crippen molar-refractivity contribution in [2.45, 2.75) is 50.2 Å². The molecule has 2 saturated heterocycles. The van der Waals surface area contributed by atoms with Gasteiger partial charge in [-0.15, -0.1) is 0 Å². The van der Waals surface area contributed by atoms with Gasteiger partial charge in [-0.1, -0.05) is 0 Å². The molecule has 2 rings (SSSR count). The summed E-state index contributed by atoms with van der Waals surface area (Å²) in [7, 11) is 0. The monoisotopic (exact) mass is 228 g/mol. The molecular weight excluding hydrogens is 208 g/mol. The van der Waals surface area contributed by atoms with Gasteiger partial charge in [-0.2, -0.15) is 11.8 Å². The first kappa shape index (κ1) is 11.3. The van der Waals surface area contributed by atoms with Crippen molar-refractivity contribution in [3.63, 3.8) is 0 Å². The van der Waals surface area contributed by atoms with E-state index in [4.69, 9.17) is 5.73 Å². The van der Waals surface area contributed by atoms with E-state index in [1.165, 1.54) is 12.8 Å². The van der Waals surface area contributed by atoms with Crippen molar-refractivity contribution >= 4 is 17.7 Å². The lowest BCUT2D eigenvalue weighted by molar-refractivity contribution is -0.135. The van der Waals surface area contributed by atoms with Crippen LogP contribution in [-0.2, 0) is 4.79 Å². The fourth-order valence-corrected chi connectivity index (χ4v) is 3.32. The fourth-order valence-electron chi connectivity index (χ4n) is 2.94. The zero-order chi connectivity index (χ0) is 10.8. The van der Waals surface area contributed by atoms with Gasteiger partial charge >= 0.3 is 0 Å². The van der Waals surface area contributed by atoms with Gasteiger partial charge in [0.15, 0.2) is 0 Å². The van der Waals surface area contributed by atoms with Crippen molar-refractivity contribution in [3.8, 4) is 0 Å². The second-order valence-corrected chi connectivity index (χ2v) is 5.65. The highest BCUT2D eigenvalue weighted by molar-refractivity contribution is 7.98. The van der Waals surface area contributed by atoms with Gasteiger partial charge in [-0.05, 0) is 31.9 Å². The Bertz CT molecular complexity index is 233. The van der Waals surface area contributed by atoms with Crippen LogP contribution in [0.25, 0.3) is 0 Å². The molecule has 0 aromatic carbocycles. The molecular formula is C11H20N2OS. The molecule has 86 valence electrons. The number of nitrogens with zero attached hydrogens (tertiary/aromatic N) is 1. The molecule has 0 radical (unpaired) electrons. The first-order valence-electron chi connectivity index (χ1n) is 5.78.